The largest absolute Gasteiger partial charge is 0.330 e. The van der Waals surface area contributed by atoms with Crippen molar-refractivity contribution >= 4 is 42.2 Å². The van der Waals surface area contributed by atoms with Crippen molar-refractivity contribution in [1.29, 1.82) is 0 Å². The number of imidazole rings is 1. The summed E-state index contributed by atoms with van der Waals surface area (Å²) >= 11 is 0. The number of amides is 2. The first-order chi connectivity index (χ1) is 10.6. The first-order valence-corrected chi connectivity index (χ1v) is 7.11. The summed E-state index contributed by atoms with van der Waals surface area (Å²) in [7, 11) is 5.98. The van der Waals surface area contributed by atoms with Crippen LogP contribution in [0.15, 0.2) is 23.0 Å². The lowest BCUT2D eigenvalue weighted by molar-refractivity contribution is -0.135. The molecule has 0 saturated carbocycles. The molecule has 2 radical (unpaired) electrons. The number of nitrogens with zero attached hydrogens (tertiary/aromatic N) is 2. The number of aromatic nitrogens is 2. The molecular weight excluding hydrogens is 281 g/mol. The number of hydrogen-bond acceptors (Lipinski definition) is 3. The Hall–Kier alpha value is -2.57. The molecular formula is C15H12BN3O3. The normalized spacial score (nSPS) is 20.5. The van der Waals surface area contributed by atoms with E-state index < -0.39 is 11.9 Å². The van der Waals surface area contributed by atoms with Crippen LogP contribution in [0.1, 0.15) is 24.4 Å². The molecule has 6 nitrogen and oxygen atoms in total. The predicted molar refractivity (Wildman–Crippen MR) is 82.0 cm³/mol. The monoisotopic (exact) mass is 293 g/mol. The molecule has 4 rings (SSSR count). The summed E-state index contributed by atoms with van der Waals surface area (Å²) < 4.78 is 3.10. The minimum Gasteiger partial charge on any atom is -0.295 e. The van der Waals surface area contributed by atoms with Crippen LogP contribution in [0.2, 0.25) is 0 Å². The average molecular weight is 293 g/mol. The maximum atomic E-state index is 12.7. The quantitative estimate of drug-likeness (QED) is 0.574. The van der Waals surface area contributed by atoms with Crippen LogP contribution in [-0.2, 0) is 16.1 Å². The molecule has 3 heterocycles. The lowest BCUT2D eigenvalue weighted by atomic mass is 9.88. The van der Waals surface area contributed by atoms with Gasteiger partial charge >= 0.3 is 5.69 Å². The fourth-order valence-corrected chi connectivity index (χ4v) is 3.27. The summed E-state index contributed by atoms with van der Waals surface area (Å²) in [6.45, 7) is 0.450. The van der Waals surface area contributed by atoms with Gasteiger partial charge in [0.2, 0.25) is 11.8 Å². The maximum absolute atomic E-state index is 12.7. The fraction of sp³-hybridized carbons (Fsp3) is 0.267. The molecule has 1 atom stereocenters. The second-order valence-corrected chi connectivity index (χ2v) is 5.57. The third-order valence-corrected chi connectivity index (χ3v) is 4.29. The van der Waals surface area contributed by atoms with Crippen LogP contribution in [0.4, 0.5) is 0 Å². The van der Waals surface area contributed by atoms with Gasteiger partial charge in [-0.2, -0.15) is 0 Å². The van der Waals surface area contributed by atoms with Gasteiger partial charge in [-0.25, -0.2) is 4.79 Å². The number of piperidine rings is 1. The summed E-state index contributed by atoms with van der Waals surface area (Å²) in [6, 6.07) is 2.83. The van der Waals surface area contributed by atoms with E-state index in [1.807, 2.05) is 12.2 Å². The molecule has 1 aromatic carbocycles. The van der Waals surface area contributed by atoms with E-state index in [4.69, 9.17) is 7.85 Å². The van der Waals surface area contributed by atoms with Crippen molar-refractivity contribution in [2.75, 3.05) is 0 Å². The van der Waals surface area contributed by atoms with Crippen LogP contribution in [0.3, 0.4) is 0 Å². The summed E-state index contributed by atoms with van der Waals surface area (Å²) in [5, 5.41) is 2.30. The Balaban J connectivity index is 1.99. The molecule has 108 valence electrons. The smallest absolute Gasteiger partial charge is 0.295 e. The van der Waals surface area contributed by atoms with Gasteiger partial charge in [-0.1, -0.05) is 23.7 Å². The van der Waals surface area contributed by atoms with Crippen LogP contribution in [-0.4, -0.2) is 28.8 Å². The lowest BCUT2D eigenvalue weighted by Crippen LogP contribution is -2.44. The fourth-order valence-electron chi connectivity index (χ4n) is 3.27. The number of carbonyl (C=O) groups excluding carboxylic acids is 2. The molecule has 2 aliphatic heterocycles. The Kier molecular flexibility index (Phi) is 2.66. The number of benzene rings is 1. The highest BCUT2D eigenvalue weighted by molar-refractivity contribution is 6.35. The topological polar surface area (TPSA) is 73.1 Å². The van der Waals surface area contributed by atoms with E-state index in [2.05, 4.69) is 5.32 Å². The van der Waals surface area contributed by atoms with E-state index in [-0.39, 0.29) is 18.0 Å². The highest BCUT2D eigenvalue weighted by Crippen LogP contribution is 2.26. The first-order valence-electron chi connectivity index (χ1n) is 7.11. The van der Waals surface area contributed by atoms with Gasteiger partial charge in [0.15, 0.2) is 0 Å². The van der Waals surface area contributed by atoms with E-state index in [0.29, 0.717) is 23.9 Å². The van der Waals surface area contributed by atoms with Crippen molar-refractivity contribution in [2.24, 2.45) is 0 Å². The van der Waals surface area contributed by atoms with E-state index in [1.54, 1.807) is 16.7 Å². The third-order valence-electron chi connectivity index (χ3n) is 4.29. The number of carbonyl (C=O) groups is 2. The van der Waals surface area contributed by atoms with Crippen LogP contribution < -0.4 is 16.5 Å². The number of allylic oxidation sites excluding steroid dienone is 1. The minimum atomic E-state index is -0.663. The molecule has 1 unspecified atom stereocenters. The number of imide groups is 1. The minimum absolute atomic E-state index is 0.232. The average Bonchev–Trinajstić information content (AvgIpc) is 2.78. The standard InChI is InChI=1S/C15H12BN3O3/c16-9-3-4-10-13-8(9)2-1-7-18(13)15(22)19(10)11-5-6-12(20)17-14(11)21/h1-4,11H,5-7H2,(H,17,20,21). The number of nitrogens with one attached hydrogen (secondary N) is 1. The Morgan fingerprint density at radius 2 is 2.05 bits per heavy atom. The molecule has 2 aliphatic rings. The van der Waals surface area contributed by atoms with E-state index >= 15 is 0 Å². The lowest BCUT2D eigenvalue weighted by Gasteiger charge is -2.22. The first kappa shape index (κ1) is 13.1. The highest BCUT2D eigenvalue weighted by atomic mass is 16.2. The van der Waals surface area contributed by atoms with E-state index in [9.17, 15) is 14.4 Å². The second kappa shape index (κ2) is 4.46. The zero-order valence-electron chi connectivity index (χ0n) is 11.7. The third kappa shape index (κ3) is 1.65. The van der Waals surface area contributed by atoms with Crippen molar-refractivity contribution in [1.82, 2.24) is 14.5 Å². The Morgan fingerprint density at radius 3 is 2.82 bits per heavy atom. The SMILES string of the molecule is [B]c1ccc2c3c1C=CCn3c(=O)n2C1CCC(=O)NC1=O. The zero-order chi connectivity index (χ0) is 15.4. The molecule has 1 aromatic heterocycles. The predicted octanol–water partition coefficient (Wildman–Crippen LogP) is -0.399. The van der Waals surface area contributed by atoms with Gasteiger partial charge in [-0.05, 0) is 18.1 Å². The number of hydrogen-bond donors (Lipinski definition) is 1. The van der Waals surface area contributed by atoms with Crippen LogP contribution in [0.25, 0.3) is 17.1 Å². The second-order valence-electron chi connectivity index (χ2n) is 5.57. The highest BCUT2D eigenvalue weighted by Gasteiger charge is 2.32. The summed E-state index contributed by atoms with van der Waals surface area (Å²) in [4.78, 5) is 36.2. The van der Waals surface area contributed by atoms with Gasteiger partial charge in [0.05, 0.1) is 11.0 Å². The van der Waals surface area contributed by atoms with Gasteiger partial charge in [0, 0.05) is 13.0 Å². The van der Waals surface area contributed by atoms with Crippen molar-refractivity contribution in [3.05, 3.63) is 34.3 Å². The maximum Gasteiger partial charge on any atom is 0.330 e. The van der Waals surface area contributed by atoms with Gasteiger partial charge in [-0.15, -0.1) is 0 Å². The van der Waals surface area contributed by atoms with Gasteiger partial charge in [0.25, 0.3) is 0 Å². The molecule has 1 saturated heterocycles. The van der Waals surface area contributed by atoms with Crippen LogP contribution >= 0.6 is 0 Å². The van der Waals surface area contributed by atoms with Crippen molar-refractivity contribution in [3.63, 3.8) is 0 Å². The van der Waals surface area contributed by atoms with Crippen molar-refractivity contribution in [3.8, 4) is 0 Å². The van der Waals surface area contributed by atoms with Crippen LogP contribution in [0.5, 0.6) is 0 Å². The molecule has 2 aromatic rings. The van der Waals surface area contributed by atoms with E-state index in [0.717, 1.165) is 11.1 Å². The molecule has 22 heavy (non-hydrogen) atoms. The van der Waals surface area contributed by atoms with Gasteiger partial charge < -0.3 is 0 Å². The van der Waals surface area contributed by atoms with Crippen molar-refractivity contribution in [2.45, 2.75) is 25.4 Å². The molecule has 0 aliphatic carbocycles. The molecule has 2 amide bonds. The molecule has 0 bridgehead atoms. The molecule has 1 N–H and O–H groups in total. The Morgan fingerprint density at radius 1 is 1.23 bits per heavy atom. The summed E-state index contributed by atoms with van der Waals surface area (Å²) in [5.41, 5.74) is 2.57. The van der Waals surface area contributed by atoms with E-state index in [1.165, 1.54) is 4.57 Å². The number of rotatable bonds is 1. The van der Waals surface area contributed by atoms with Crippen LogP contribution in [0, 0.1) is 0 Å². The molecule has 7 heteroatoms. The van der Waals surface area contributed by atoms with Crippen molar-refractivity contribution < 1.29 is 9.59 Å². The Bertz CT molecular complexity index is 922. The molecule has 1 fully saturated rings. The van der Waals surface area contributed by atoms with Gasteiger partial charge in [0.1, 0.15) is 13.9 Å². The summed E-state index contributed by atoms with van der Waals surface area (Å²) in [5.74, 6) is -0.725. The summed E-state index contributed by atoms with van der Waals surface area (Å²) in [6.07, 6.45) is 4.33. The molecule has 0 spiro atoms. The Labute approximate surface area is 126 Å². The van der Waals surface area contributed by atoms with Gasteiger partial charge in [-0.3, -0.25) is 24.0 Å². The zero-order valence-corrected chi connectivity index (χ0v) is 11.7.